The van der Waals surface area contributed by atoms with Crippen molar-refractivity contribution in [3.63, 3.8) is 0 Å². The molecule has 0 fully saturated rings. The highest BCUT2D eigenvalue weighted by atomic mass is 16.5. The van der Waals surface area contributed by atoms with Gasteiger partial charge in [0.05, 0.1) is 30.0 Å². The summed E-state index contributed by atoms with van der Waals surface area (Å²) in [6, 6.07) is 18.0. The third-order valence-electron chi connectivity index (χ3n) is 7.62. The normalized spacial score (nSPS) is 16.6. The zero-order chi connectivity index (χ0) is 29.2. The molecule has 5 heterocycles. The highest BCUT2D eigenvalue weighted by molar-refractivity contribution is 5.96. The molecule has 1 atom stereocenters. The summed E-state index contributed by atoms with van der Waals surface area (Å²) in [5.41, 5.74) is 4.27. The number of hydrogen-bond donors (Lipinski definition) is 2. The van der Waals surface area contributed by atoms with Crippen molar-refractivity contribution in [2.75, 3.05) is 19.7 Å². The first-order chi connectivity index (χ1) is 20.4. The van der Waals surface area contributed by atoms with Crippen molar-refractivity contribution in [2.45, 2.75) is 38.6 Å². The van der Waals surface area contributed by atoms with Crippen molar-refractivity contribution in [3.8, 4) is 17.2 Å². The number of carbonyl (C=O) groups is 2. The van der Waals surface area contributed by atoms with Gasteiger partial charge in [-0.3, -0.25) is 19.4 Å². The molecule has 2 aromatic heterocycles. The summed E-state index contributed by atoms with van der Waals surface area (Å²) < 4.78 is 12.2. The highest BCUT2D eigenvalue weighted by Gasteiger charge is 2.34. The second kappa shape index (κ2) is 11.5. The first-order valence-corrected chi connectivity index (χ1v) is 14.2. The molecule has 0 radical (unpaired) electrons. The Kier molecular flexibility index (Phi) is 7.48. The number of aromatic nitrogens is 2. The van der Waals surface area contributed by atoms with E-state index < -0.39 is 0 Å². The monoisotopic (exact) mass is 564 g/mol. The van der Waals surface area contributed by atoms with Gasteiger partial charge in [0.15, 0.2) is 0 Å². The predicted molar refractivity (Wildman–Crippen MR) is 157 cm³/mol. The number of aromatic amines is 1. The van der Waals surface area contributed by atoms with Crippen LogP contribution in [0.1, 0.15) is 75.3 Å². The third-order valence-corrected chi connectivity index (χ3v) is 7.62. The van der Waals surface area contributed by atoms with Crippen LogP contribution >= 0.6 is 0 Å². The summed E-state index contributed by atoms with van der Waals surface area (Å²) in [6.45, 7) is 5.24. The first-order valence-electron chi connectivity index (χ1n) is 14.2. The van der Waals surface area contributed by atoms with Crippen LogP contribution in [0.15, 0.2) is 77.9 Å². The van der Waals surface area contributed by atoms with E-state index >= 15 is 0 Å². The molecule has 3 aliphatic rings. The molecule has 0 saturated carbocycles. The number of pyridine rings is 2. The molecule has 0 saturated heterocycles. The van der Waals surface area contributed by atoms with Crippen LogP contribution in [-0.2, 0) is 6.42 Å². The largest absolute Gasteiger partial charge is 0.494 e. The van der Waals surface area contributed by atoms with E-state index in [0.29, 0.717) is 66.6 Å². The van der Waals surface area contributed by atoms with Crippen LogP contribution < -0.4 is 20.3 Å². The van der Waals surface area contributed by atoms with Crippen LogP contribution in [0.2, 0.25) is 0 Å². The van der Waals surface area contributed by atoms with Gasteiger partial charge in [0.25, 0.3) is 11.8 Å². The van der Waals surface area contributed by atoms with Crippen molar-refractivity contribution in [2.24, 2.45) is 0 Å². The number of hydrogen-bond acceptors (Lipinski definition) is 6. The standard InChI is InChI=1S/C33H32N4O5/c1-20(2)30-28(9-10-29(38)36-30)33(40)37-13-11-21-15-25-7-8-27(21)31(37)22-5-3-6-24(16-22)41-14-4-12-35-32(39)23-17-26(42-25)19-34-18-23/h3,5-10,15-20,31H,4,11-14H2,1-2H3,(H,35,39)(H,36,38). The molecule has 9 heteroatoms. The van der Waals surface area contributed by atoms with Gasteiger partial charge in [-0.05, 0) is 71.8 Å². The fourth-order valence-electron chi connectivity index (χ4n) is 5.61. The first kappa shape index (κ1) is 27.3. The van der Waals surface area contributed by atoms with Crippen LogP contribution in [0.4, 0.5) is 0 Å². The number of carbonyl (C=O) groups excluding carboxylic acids is 2. The van der Waals surface area contributed by atoms with E-state index in [1.54, 1.807) is 18.3 Å². The van der Waals surface area contributed by atoms with Crippen molar-refractivity contribution < 1.29 is 19.1 Å². The molecule has 9 nitrogen and oxygen atoms in total. The summed E-state index contributed by atoms with van der Waals surface area (Å²) in [5, 5.41) is 2.90. The maximum Gasteiger partial charge on any atom is 0.256 e. The fraction of sp³-hybridized carbons (Fsp3) is 0.273. The summed E-state index contributed by atoms with van der Waals surface area (Å²) in [4.78, 5) is 47.9. The Morgan fingerprint density at radius 1 is 1.00 bits per heavy atom. The van der Waals surface area contributed by atoms with Gasteiger partial charge < -0.3 is 24.7 Å². The minimum atomic E-state index is -0.381. The number of benzene rings is 2. The zero-order valence-electron chi connectivity index (χ0n) is 23.6. The molecular formula is C33H32N4O5. The van der Waals surface area contributed by atoms with E-state index in [9.17, 15) is 14.4 Å². The average molecular weight is 565 g/mol. The Hall–Kier alpha value is -4.92. The van der Waals surface area contributed by atoms with E-state index in [1.807, 2.05) is 61.2 Å². The second-order valence-electron chi connectivity index (χ2n) is 10.9. The molecule has 8 bridgehead atoms. The van der Waals surface area contributed by atoms with Crippen molar-refractivity contribution in [1.82, 2.24) is 20.2 Å². The smallest absolute Gasteiger partial charge is 0.256 e. The number of nitrogens with zero attached hydrogens (tertiary/aromatic N) is 2. The SMILES string of the molecule is CC(C)c1[nH]c(=O)ccc1C(=O)N1CCc2cc3ccc2C1c1cccc(c1)OCCCNC(=O)c1cncc(c1)O3. The Bertz CT molecular complexity index is 1710. The Labute approximate surface area is 243 Å². The summed E-state index contributed by atoms with van der Waals surface area (Å²) >= 11 is 0. The number of ether oxygens (including phenoxy) is 2. The van der Waals surface area contributed by atoms with Crippen LogP contribution in [0.25, 0.3) is 0 Å². The van der Waals surface area contributed by atoms with E-state index in [4.69, 9.17) is 9.47 Å². The van der Waals surface area contributed by atoms with Crippen LogP contribution in [0.5, 0.6) is 17.2 Å². The van der Waals surface area contributed by atoms with Gasteiger partial charge in [-0.25, -0.2) is 0 Å². The topological polar surface area (TPSA) is 114 Å². The molecule has 214 valence electrons. The lowest BCUT2D eigenvalue weighted by atomic mass is 9.87. The van der Waals surface area contributed by atoms with E-state index in [1.165, 1.54) is 12.3 Å². The number of rotatable bonds is 2. The lowest BCUT2D eigenvalue weighted by Gasteiger charge is -2.38. The zero-order valence-corrected chi connectivity index (χ0v) is 23.6. The minimum absolute atomic E-state index is 0.0329. The predicted octanol–water partition coefficient (Wildman–Crippen LogP) is 4.99. The summed E-state index contributed by atoms with van der Waals surface area (Å²) in [5.74, 6) is 1.36. The lowest BCUT2D eigenvalue weighted by molar-refractivity contribution is 0.0691. The fourth-order valence-corrected chi connectivity index (χ4v) is 5.61. The number of amides is 2. The van der Waals surface area contributed by atoms with Gasteiger partial charge in [-0.2, -0.15) is 0 Å². The van der Waals surface area contributed by atoms with E-state index in [2.05, 4.69) is 15.3 Å². The maximum atomic E-state index is 14.2. The molecule has 0 spiro atoms. The Morgan fingerprint density at radius 2 is 1.88 bits per heavy atom. The van der Waals surface area contributed by atoms with Crippen molar-refractivity contribution >= 4 is 11.8 Å². The Morgan fingerprint density at radius 3 is 2.74 bits per heavy atom. The van der Waals surface area contributed by atoms with Crippen LogP contribution in [0, 0.1) is 0 Å². The van der Waals surface area contributed by atoms with Crippen LogP contribution in [-0.4, -0.2) is 46.4 Å². The second-order valence-corrected chi connectivity index (χ2v) is 10.9. The summed E-state index contributed by atoms with van der Waals surface area (Å²) in [6.07, 6.45) is 4.32. The summed E-state index contributed by atoms with van der Waals surface area (Å²) in [7, 11) is 0. The molecule has 2 N–H and O–H groups in total. The molecule has 2 aromatic carbocycles. The third kappa shape index (κ3) is 5.50. The molecule has 42 heavy (non-hydrogen) atoms. The maximum absolute atomic E-state index is 14.2. The molecule has 3 aliphatic heterocycles. The average Bonchev–Trinajstić information content (AvgIpc) is 2.99. The van der Waals surface area contributed by atoms with Crippen molar-refractivity contribution in [1.29, 1.82) is 0 Å². The van der Waals surface area contributed by atoms with Gasteiger partial charge in [0.2, 0.25) is 5.56 Å². The Balaban J connectivity index is 1.44. The van der Waals surface area contributed by atoms with Gasteiger partial charge in [0, 0.05) is 31.0 Å². The molecule has 1 unspecified atom stereocenters. The number of fused-ring (bicyclic) bond motifs is 6. The highest BCUT2D eigenvalue weighted by Crippen LogP contribution is 2.39. The van der Waals surface area contributed by atoms with Crippen LogP contribution in [0.3, 0.4) is 0 Å². The minimum Gasteiger partial charge on any atom is -0.494 e. The molecule has 4 aromatic rings. The van der Waals surface area contributed by atoms with Gasteiger partial charge in [-0.1, -0.05) is 32.0 Å². The van der Waals surface area contributed by atoms with Crippen molar-refractivity contribution in [3.05, 3.63) is 117 Å². The van der Waals surface area contributed by atoms with E-state index in [-0.39, 0.29) is 29.3 Å². The van der Waals surface area contributed by atoms with Gasteiger partial charge in [0.1, 0.15) is 17.2 Å². The van der Waals surface area contributed by atoms with E-state index in [0.717, 1.165) is 16.7 Å². The number of nitrogens with one attached hydrogen (secondary N) is 2. The molecular weight excluding hydrogens is 532 g/mol. The lowest BCUT2D eigenvalue weighted by Crippen LogP contribution is -2.41. The van der Waals surface area contributed by atoms with Gasteiger partial charge >= 0.3 is 0 Å². The molecule has 7 rings (SSSR count). The van der Waals surface area contributed by atoms with Gasteiger partial charge in [-0.15, -0.1) is 0 Å². The number of H-pyrrole nitrogens is 1. The quantitative estimate of drug-likeness (QED) is 0.355. The molecule has 2 amide bonds. The molecule has 0 aliphatic carbocycles.